The van der Waals surface area contributed by atoms with E-state index in [-0.39, 0.29) is 30.3 Å². The van der Waals surface area contributed by atoms with Crippen LogP contribution in [-0.2, 0) is 0 Å². The minimum Gasteiger partial charge on any atom is -0.471 e. The van der Waals surface area contributed by atoms with E-state index < -0.39 is 169 Å². The second-order valence-corrected chi connectivity index (χ2v) is 14.7. The zero-order chi connectivity index (χ0) is 61.3. The number of nitrogens with zero attached hydrogens (tertiary/aromatic N) is 5. The molecule has 0 saturated carbocycles. The van der Waals surface area contributed by atoms with Crippen molar-refractivity contribution in [1.29, 1.82) is 0 Å². The summed E-state index contributed by atoms with van der Waals surface area (Å²) in [7, 11) is 0. The van der Waals surface area contributed by atoms with Crippen molar-refractivity contribution < 1.29 is 177 Å². The molecule has 0 fully saturated rings. The lowest BCUT2D eigenvalue weighted by Gasteiger charge is -2.33. The molecule has 0 atom stereocenters. The normalized spacial score (nSPS) is 15.1. The Morgan fingerprint density at radius 3 is 0.782 bits per heavy atom. The third kappa shape index (κ3) is 11.8. The van der Waals surface area contributed by atoms with E-state index in [1.807, 2.05) is 0 Å². The van der Waals surface area contributed by atoms with Crippen molar-refractivity contribution in [1.82, 2.24) is 24.9 Å². The van der Waals surface area contributed by atoms with E-state index in [2.05, 4.69) is 43.9 Å². The Balaban J connectivity index is 2.23. The number of aromatic nitrogens is 5. The number of halogens is 36. The standard InChI is InChI=1S/C33H13F36N5O4/c34-18(35,22(42,43)26(50,51)30(58,59)60)6-75-13-5-12(70-15(71-13)76-7-19(36,37)23(44,45)27(52,53)31(61,62)63)10-1-3-11(4-2-10)14-72-16(77-8-20(38,39)24(46,47)28(54,55)32(64,65)66)74-17(73-14)78-9-21(40,41)25(48,49)29(56,57)33(67,68)69/h1-5H,6-9H2. The molecule has 0 aliphatic rings. The van der Waals surface area contributed by atoms with Crippen molar-refractivity contribution in [3.05, 3.63) is 30.3 Å². The fourth-order valence-electron chi connectivity index (χ4n) is 4.70. The summed E-state index contributed by atoms with van der Waals surface area (Å²) < 4.78 is 498. The summed E-state index contributed by atoms with van der Waals surface area (Å²) >= 11 is 0. The number of ether oxygens (including phenoxy) is 4. The van der Waals surface area contributed by atoms with Crippen LogP contribution in [0.4, 0.5) is 158 Å². The first-order chi connectivity index (χ1) is 34.2. The van der Waals surface area contributed by atoms with E-state index in [0.29, 0.717) is 0 Å². The van der Waals surface area contributed by atoms with E-state index in [9.17, 15) is 158 Å². The highest BCUT2D eigenvalue weighted by atomic mass is 19.5. The molecule has 0 saturated heterocycles. The topological polar surface area (TPSA) is 101 Å². The highest BCUT2D eigenvalue weighted by Gasteiger charge is 2.85. The SMILES string of the molecule is FC(F)(F)C(F)(F)C(F)(F)C(F)(F)COc1cc(-c2ccc(-c3nc(OCC(F)(F)C(F)(F)C(F)(F)C(F)(F)F)nc(OCC(F)(F)C(F)(F)C(F)(F)C(F)(F)F)n3)cc2)nc(OCC(F)(F)C(F)(F)C(F)(F)C(F)(F)F)n1. The molecule has 1 aromatic carbocycles. The van der Waals surface area contributed by atoms with Crippen molar-refractivity contribution in [3.63, 3.8) is 0 Å². The Morgan fingerprint density at radius 2 is 0.513 bits per heavy atom. The molecule has 446 valence electrons. The van der Waals surface area contributed by atoms with Crippen LogP contribution in [0.1, 0.15) is 0 Å². The molecule has 0 unspecified atom stereocenters. The van der Waals surface area contributed by atoms with Crippen LogP contribution in [-0.4, -0.2) is 147 Å². The van der Waals surface area contributed by atoms with Crippen LogP contribution in [0.2, 0.25) is 0 Å². The number of alkyl halides is 36. The average molecular weight is 1230 g/mol. The fraction of sp³-hybridized carbons (Fsp3) is 0.606. The summed E-state index contributed by atoms with van der Waals surface area (Å²) in [5.41, 5.74) is -3.56. The van der Waals surface area contributed by atoms with Gasteiger partial charge in [-0.05, 0) is 0 Å². The minimum absolute atomic E-state index is 0.167. The van der Waals surface area contributed by atoms with Gasteiger partial charge in [-0.1, -0.05) is 24.3 Å². The zero-order valence-electron chi connectivity index (χ0n) is 35.2. The fourth-order valence-corrected chi connectivity index (χ4v) is 4.70. The van der Waals surface area contributed by atoms with Crippen LogP contribution in [0.5, 0.6) is 23.9 Å². The largest absolute Gasteiger partial charge is 0.471 e. The van der Waals surface area contributed by atoms with Gasteiger partial charge in [0.1, 0.15) is 0 Å². The first-order valence-electron chi connectivity index (χ1n) is 18.3. The highest BCUT2D eigenvalue weighted by Crippen LogP contribution is 2.57. The predicted octanol–water partition coefficient (Wildman–Crippen LogP) is 13.4. The maximum Gasteiger partial charge on any atom is 0.460 e. The molecule has 0 aliphatic carbocycles. The number of hydrogen-bond donors (Lipinski definition) is 0. The van der Waals surface area contributed by atoms with Gasteiger partial charge >= 0.3 is 114 Å². The third-order valence-electron chi connectivity index (χ3n) is 9.10. The van der Waals surface area contributed by atoms with E-state index in [1.165, 1.54) is 0 Å². The summed E-state index contributed by atoms with van der Waals surface area (Å²) in [5, 5.41) is 0. The molecule has 45 heteroatoms. The van der Waals surface area contributed by atoms with Gasteiger partial charge < -0.3 is 18.9 Å². The van der Waals surface area contributed by atoms with Gasteiger partial charge in [-0.25, -0.2) is 0 Å². The first-order valence-corrected chi connectivity index (χ1v) is 18.3. The first kappa shape index (κ1) is 66.3. The molecule has 3 aromatic rings. The number of benzene rings is 1. The van der Waals surface area contributed by atoms with Crippen LogP contribution >= 0.6 is 0 Å². The smallest absolute Gasteiger partial charge is 0.460 e. The van der Waals surface area contributed by atoms with Crippen LogP contribution in [0.15, 0.2) is 30.3 Å². The van der Waals surface area contributed by atoms with Gasteiger partial charge in [0.25, 0.3) is 0 Å². The van der Waals surface area contributed by atoms with Gasteiger partial charge in [-0.15, -0.1) is 4.98 Å². The third-order valence-corrected chi connectivity index (χ3v) is 9.10. The predicted molar refractivity (Wildman–Crippen MR) is 172 cm³/mol. The summed E-state index contributed by atoms with van der Waals surface area (Å²) in [6.45, 7) is -14.0. The molecular weight excluding hydrogens is 1210 g/mol. The van der Waals surface area contributed by atoms with Crippen molar-refractivity contribution >= 4 is 0 Å². The summed E-state index contributed by atoms with van der Waals surface area (Å²) in [6, 6.07) is -6.12. The Bertz CT molecular complexity index is 2260. The summed E-state index contributed by atoms with van der Waals surface area (Å²) in [5.74, 6) is -91.7. The Morgan fingerprint density at radius 1 is 0.269 bits per heavy atom. The van der Waals surface area contributed by atoms with Crippen LogP contribution in [0.3, 0.4) is 0 Å². The molecule has 2 aromatic heterocycles. The lowest BCUT2D eigenvalue weighted by Crippen LogP contribution is -2.62. The van der Waals surface area contributed by atoms with Gasteiger partial charge in [0.15, 0.2) is 32.3 Å². The molecule has 0 N–H and O–H groups in total. The van der Waals surface area contributed by atoms with Crippen molar-refractivity contribution in [2.75, 3.05) is 26.4 Å². The van der Waals surface area contributed by atoms with Crippen molar-refractivity contribution in [3.8, 4) is 46.6 Å². The molecule has 0 radical (unpaired) electrons. The van der Waals surface area contributed by atoms with Gasteiger partial charge in [0.05, 0.1) is 5.69 Å². The lowest BCUT2D eigenvalue weighted by atomic mass is 10.0. The Kier molecular flexibility index (Phi) is 17.0. The zero-order valence-corrected chi connectivity index (χ0v) is 35.2. The van der Waals surface area contributed by atoms with E-state index in [0.717, 1.165) is 0 Å². The van der Waals surface area contributed by atoms with Crippen LogP contribution in [0.25, 0.3) is 22.6 Å². The highest BCUT2D eigenvalue weighted by molar-refractivity contribution is 5.66. The summed E-state index contributed by atoms with van der Waals surface area (Å²) in [4.78, 5) is 13.9. The lowest BCUT2D eigenvalue weighted by molar-refractivity contribution is -0.398. The molecule has 78 heavy (non-hydrogen) atoms. The van der Waals surface area contributed by atoms with Crippen LogP contribution in [0, 0.1) is 0 Å². The molecule has 0 spiro atoms. The maximum absolute atomic E-state index is 14.2. The Labute approximate surface area is 401 Å². The van der Waals surface area contributed by atoms with Gasteiger partial charge in [0, 0.05) is 17.2 Å². The quantitative estimate of drug-likeness (QED) is 0.0910. The molecule has 0 bridgehead atoms. The van der Waals surface area contributed by atoms with Crippen LogP contribution < -0.4 is 18.9 Å². The van der Waals surface area contributed by atoms with Gasteiger partial charge in [0.2, 0.25) is 5.88 Å². The van der Waals surface area contributed by atoms with E-state index >= 15 is 0 Å². The molecular formula is C33H13F36N5O4. The van der Waals surface area contributed by atoms with E-state index in [1.54, 1.807) is 0 Å². The minimum atomic E-state index is -7.67. The summed E-state index contributed by atoms with van der Waals surface area (Å²) in [6.07, 6.45) is -30.0. The van der Waals surface area contributed by atoms with Gasteiger partial charge in [-0.2, -0.15) is 178 Å². The van der Waals surface area contributed by atoms with E-state index in [4.69, 9.17) is 0 Å². The number of rotatable bonds is 22. The van der Waals surface area contributed by atoms with Gasteiger partial charge in [-0.3, -0.25) is 0 Å². The monoisotopic (exact) mass is 1230 g/mol. The van der Waals surface area contributed by atoms with Crippen molar-refractivity contribution in [2.24, 2.45) is 0 Å². The molecule has 0 aliphatic heterocycles. The molecule has 3 rings (SSSR count). The number of hydrogen-bond acceptors (Lipinski definition) is 9. The second kappa shape index (κ2) is 20.0. The molecule has 9 nitrogen and oxygen atoms in total. The second-order valence-electron chi connectivity index (χ2n) is 14.7. The maximum atomic E-state index is 14.2. The van der Waals surface area contributed by atoms with Crippen molar-refractivity contribution in [2.45, 2.75) is 95.8 Å². The molecule has 0 amide bonds. The molecule has 2 heterocycles. The Hall–Kier alpha value is -6.01. The average Bonchev–Trinajstić information content (AvgIpc) is 3.27.